The molecule has 1 aromatic heterocycles. The van der Waals surface area contributed by atoms with Gasteiger partial charge in [0, 0.05) is 37.8 Å². The van der Waals surface area contributed by atoms with E-state index in [2.05, 4.69) is 10.4 Å². The monoisotopic (exact) mass is 199 g/mol. The molecule has 0 unspecified atom stereocenters. The van der Waals surface area contributed by atoms with Crippen LogP contribution in [-0.4, -0.2) is 22.2 Å². The largest absolute Gasteiger partial charge is 0.309 e. The summed E-state index contributed by atoms with van der Waals surface area (Å²) >= 11 is 5.47. The van der Waals surface area contributed by atoms with Gasteiger partial charge in [-0.3, -0.25) is 4.68 Å². The number of hydrogen-bond acceptors (Lipinski definition) is 2. The normalized spacial score (nSPS) is 11.2. The van der Waals surface area contributed by atoms with Crippen LogP contribution in [0.1, 0.15) is 5.56 Å². The van der Waals surface area contributed by atoms with E-state index in [0.29, 0.717) is 5.88 Å². The second-order valence-electron chi connectivity index (χ2n) is 2.78. The van der Waals surface area contributed by atoms with E-state index in [1.54, 1.807) is 4.68 Å². The summed E-state index contributed by atoms with van der Waals surface area (Å²) in [6.45, 7) is 1.70. The van der Waals surface area contributed by atoms with Crippen molar-refractivity contribution in [3.05, 3.63) is 30.1 Å². The molecule has 0 amide bonds. The Balaban J connectivity index is 2.16. The Morgan fingerprint density at radius 2 is 2.46 bits per heavy atom. The minimum atomic E-state index is 0.578. The van der Waals surface area contributed by atoms with Crippen LogP contribution >= 0.6 is 11.6 Å². The minimum Gasteiger partial charge on any atom is -0.309 e. The third-order valence-electron chi connectivity index (χ3n) is 1.61. The van der Waals surface area contributed by atoms with Gasteiger partial charge in [0.1, 0.15) is 0 Å². The number of hydrogen-bond donors (Lipinski definition) is 1. The van der Waals surface area contributed by atoms with Gasteiger partial charge in [-0.2, -0.15) is 5.10 Å². The zero-order chi connectivity index (χ0) is 9.52. The molecule has 3 nitrogen and oxygen atoms in total. The summed E-state index contributed by atoms with van der Waals surface area (Å²) in [6.07, 6.45) is 7.80. The van der Waals surface area contributed by atoms with Crippen molar-refractivity contribution in [1.82, 2.24) is 15.1 Å². The smallest absolute Gasteiger partial charge is 0.0534 e. The molecular formula is C9H14ClN3. The number of halogens is 1. The second-order valence-corrected chi connectivity index (χ2v) is 3.09. The van der Waals surface area contributed by atoms with E-state index in [0.717, 1.165) is 13.1 Å². The fraction of sp³-hybridized carbons (Fsp3) is 0.444. The summed E-state index contributed by atoms with van der Waals surface area (Å²) in [7, 11) is 1.91. The average Bonchev–Trinajstić information content (AvgIpc) is 2.51. The maximum Gasteiger partial charge on any atom is 0.0534 e. The first-order valence-electron chi connectivity index (χ1n) is 4.22. The molecule has 0 aliphatic carbocycles. The van der Waals surface area contributed by atoms with Crippen LogP contribution in [0.15, 0.2) is 24.5 Å². The Hall–Kier alpha value is -0.800. The number of allylic oxidation sites excluding steroid dienone is 1. The van der Waals surface area contributed by atoms with Crippen LogP contribution in [0.3, 0.4) is 0 Å². The highest BCUT2D eigenvalue weighted by atomic mass is 35.5. The van der Waals surface area contributed by atoms with Crippen molar-refractivity contribution in [3.63, 3.8) is 0 Å². The van der Waals surface area contributed by atoms with Gasteiger partial charge < -0.3 is 5.32 Å². The molecule has 1 rings (SSSR count). The molecule has 0 aliphatic heterocycles. The molecule has 0 atom stereocenters. The summed E-state index contributed by atoms with van der Waals surface area (Å²) in [4.78, 5) is 0. The van der Waals surface area contributed by atoms with Crippen LogP contribution in [0.5, 0.6) is 0 Å². The minimum absolute atomic E-state index is 0.578. The molecule has 0 radical (unpaired) electrons. The molecule has 0 saturated heterocycles. The molecule has 0 aliphatic rings. The van der Waals surface area contributed by atoms with Gasteiger partial charge in [0.15, 0.2) is 0 Å². The van der Waals surface area contributed by atoms with Gasteiger partial charge in [0.05, 0.1) is 6.20 Å². The number of alkyl halides is 1. The molecule has 0 fully saturated rings. The van der Waals surface area contributed by atoms with Gasteiger partial charge in [-0.15, -0.1) is 11.6 Å². The van der Waals surface area contributed by atoms with Gasteiger partial charge >= 0.3 is 0 Å². The van der Waals surface area contributed by atoms with Crippen molar-refractivity contribution in [2.24, 2.45) is 7.05 Å². The highest BCUT2D eigenvalue weighted by molar-refractivity contribution is 6.18. The van der Waals surface area contributed by atoms with E-state index < -0.39 is 0 Å². The van der Waals surface area contributed by atoms with Crippen molar-refractivity contribution in [3.8, 4) is 0 Å². The Morgan fingerprint density at radius 3 is 3.08 bits per heavy atom. The summed E-state index contributed by atoms with van der Waals surface area (Å²) in [5.41, 5.74) is 1.20. The van der Waals surface area contributed by atoms with Gasteiger partial charge in [0.25, 0.3) is 0 Å². The fourth-order valence-corrected chi connectivity index (χ4v) is 1.14. The molecule has 0 saturated carbocycles. The predicted molar refractivity (Wildman–Crippen MR) is 54.8 cm³/mol. The number of nitrogens with zero attached hydrogens (tertiary/aromatic N) is 2. The lowest BCUT2D eigenvalue weighted by Gasteiger charge is -1.96. The highest BCUT2D eigenvalue weighted by Gasteiger charge is 1.92. The lowest BCUT2D eigenvalue weighted by Crippen LogP contribution is -2.12. The number of aryl methyl sites for hydroxylation is 1. The topological polar surface area (TPSA) is 29.9 Å². The third kappa shape index (κ3) is 4.10. The zero-order valence-corrected chi connectivity index (χ0v) is 8.46. The quantitative estimate of drug-likeness (QED) is 0.440. The van der Waals surface area contributed by atoms with Crippen molar-refractivity contribution >= 4 is 11.6 Å². The van der Waals surface area contributed by atoms with E-state index in [1.807, 2.05) is 31.6 Å². The molecule has 0 spiro atoms. The molecule has 0 aromatic carbocycles. The van der Waals surface area contributed by atoms with Crippen LogP contribution < -0.4 is 5.32 Å². The van der Waals surface area contributed by atoms with Gasteiger partial charge in [0.2, 0.25) is 0 Å². The van der Waals surface area contributed by atoms with Crippen LogP contribution in [-0.2, 0) is 13.6 Å². The Bertz CT molecular complexity index is 268. The highest BCUT2D eigenvalue weighted by Crippen LogP contribution is 1.94. The number of nitrogens with one attached hydrogen (secondary N) is 1. The van der Waals surface area contributed by atoms with Crippen molar-refractivity contribution in [1.29, 1.82) is 0 Å². The van der Waals surface area contributed by atoms with E-state index >= 15 is 0 Å². The maximum absolute atomic E-state index is 5.47. The Morgan fingerprint density at radius 1 is 1.62 bits per heavy atom. The molecular weight excluding hydrogens is 186 g/mol. The molecule has 72 valence electrons. The maximum atomic E-state index is 5.47. The summed E-state index contributed by atoms with van der Waals surface area (Å²) in [6, 6.07) is 0. The van der Waals surface area contributed by atoms with Crippen molar-refractivity contribution in [2.45, 2.75) is 6.54 Å². The van der Waals surface area contributed by atoms with Crippen molar-refractivity contribution < 1.29 is 0 Å². The molecule has 4 heteroatoms. The van der Waals surface area contributed by atoms with E-state index in [9.17, 15) is 0 Å². The zero-order valence-electron chi connectivity index (χ0n) is 7.70. The molecule has 1 heterocycles. The first-order chi connectivity index (χ1) is 6.33. The lowest BCUT2D eigenvalue weighted by molar-refractivity contribution is 0.750. The summed E-state index contributed by atoms with van der Waals surface area (Å²) in [5.74, 6) is 0.578. The molecule has 0 bridgehead atoms. The van der Waals surface area contributed by atoms with Gasteiger partial charge in [-0.25, -0.2) is 0 Å². The second kappa shape index (κ2) is 5.78. The lowest BCUT2D eigenvalue weighted by atomic mass is 10.3. The fourth-order valence-electron chi connectivity index (χ4n) is 1.01. The number of rotatable bonds is 5. The average molecular weight is 200 g/mol. The van der Waals surface area contributed by atoms with E-state index in [1.165, 1.54) is 5.56 Å². The van der Waals surface area contributed by atoms with Gasteiger partial charge in [-0.05, 0) is 0 Å². The van der Waals surface area contributed by atoms with Crippen LogP contribution in [0, 0.1) is 0 Å². The Labute approximate surface area is 83.4 Å². The SMILES string of the molecule is Cn1cc(CNC/C=C/CCl)cn1. The first-order valence-corrected chi connectivity index (χ1v) is 4.75. The van der Waals surface area contributed by atoms with Gasteiger partial charge in [-0.1, -0.05) is 12.2 Å². The van der Waals surface area contributed by atoms with Crippen LogP contribution in [0.2, 0.25) is 0 Å². The summed E-state index contributed by atoms with van der Waals surface area (Å²) in [5, 5.41) is 7.32. The van der Waals surface area contributed by atoms with Crippen LogP contribution in [0.4, 0.5) is 0 Å². The molecule has 13 heavy (non-hydrogen) atoms. The van der Waals surface area contributed by atoms with E-state index in [4.69, 9.17) is 11.6 Å². The molecule has 1 aromatic rings. The summed E-state index contributed by atoms with van der Waals surface area (Å²) < 4.78 is 1.80. The number of aromatic nitrogens is 2. The standard InChI is InChI=1S/C9H14ClN3/c1-13-8-9(7-12-13)6-11-5-3-2-4-10/h2-3,7-8,11H,4-6H2,1H3/b3-2+. The Kier molecular flexibility index (Phi) is 4.57. The van der Waals surface area contributed by atoms with Crippen molar-refractivity contribution in [2.75, 3.05) is 12.4 Å². The van der Waals surface area contributed by atoms with E-state index in [-0.39, 0.29) is 0 Å². The third-order valence-corrected chi connectivity index (χ3v) is 1.78. The predicted octanol–water partition coefficient (Wildman–Crippen LogP) is 1.30. The molecule has 1 N–H and O–H groups in total. The van der Waals surface area contributed by atoms with Crippen LogP contribution in [0.25, 0.3) is 0 Å². The first kappa shape index (κ1) is 10.3.